The molecule has 3 rings (SSSR count). The standard InChI is InChI=1S/C17H16N2O2/c20-14-8-6-12(7-9-14)11-18-19-17(21)16-10-15(16)13-4-2-1-3-5-13/h1-9,11,15-16,20H,10H2,(H,19,21)/b18-11-. The fourth-order valence-electron chi connectivity index (χ4n) is 2.37. The fraction of sp³-hybridized carbons (Fsp3) is 0.176. The number of rotatable bonds is 4. The van der Waals surface area contributed by atoms with Crippen molar-refractivity contribution in [3.63, 3.8) is 0 Å². The monoisotopic (exact) mass is 280 g/mol. The Bertz CT molecular complexity index is 650. The number of phenolic OH excluding ortho intramolecular Hbond substituents is 1. The number of aromatic hydroxyl groups is 1. The van der Waals surface area contributed by atoms with Crippen LogP contribution in [-0.4, -0.2) is 17.2 Å². The van der Waals surface area contributed by atoms with Crippen molar-refractivity contribution in [1.29, 1.82) is 0 Å². The van der Waals surface area contributed by atoms with Crippen molar-refractivity contribution in [1.82, 2.24) is 5.43 Å². The first-order chi connectivity index (χ1) is 10.2. The summed E-state index contributed by atoms with van der Waals surface area (Å²) in [5.74, 6) is 0.498. The Hall–Kier alpha value is -2.62. The van der Waals surface area contributed by atoms with Crippen LogP contribution in [0.3, 0.4) is 0 Å². The second kappa shape index (κ2) is 5.79. The maximum atomic E-state index is 12.0. The highest BCUT2D eigenvalue weighted by Crippen LogP contribution is 2.47. The van der Waals surface area contributed by atoms with Gasteiger partial charge in [-0.1, -0.05) is 30.3 Å². The largest absolute Gasteiger partial charge is 0.508 e. The topological polar surface area (TPSA) is 61.7 Å². The first-order valence-electron chi connectivity index (χ1n) is 6.91. The summed E-state index contributed by atoms with van der Waals surface area (Å²) in [6, 6.07) is 16.7. The van der Waals surface area contributed by atoms with Crippen molar-refractivity contribution in [2.75, 3.05) is 0 Å². The number of benzene rings is 2. The number of amides is 1. The third-order valence-electron chi connectivity index (χ3n) is 3.64. The smallest absolute Gasteiger partial charge is 0.243 e. The fourth-order valence-corrected chi connectivity index (χ4v) is 2.37. The number of phenols is 1. The molecule has 0 aliphatic heterocycles. The molecule has 0 bridgehead atoms. The predicted octanol–water partition coefficient (Wildman–Crippen LogP) is 2.65. The molecule has 4 heteroatoms. The van der Waals surface area contributed by atoms with Gasteiger partial charge in [0.25, 0.3) is 0 Å². The van der Waals surface area contributed by atoms with E-state index in [2.05, 4.69) is 22.7 Å². The summed E-state index contributed by atoms with van der Waals surface area (Å²) in [6.45, 7) is 0. The van der Waals surface area contributed by atoms with Gasteiger partial charge in [0.2, 0.25) is 5.91 Å². The van der Waals surface area contributed by atoms with Crippen LogP contribution in [0.2, 0.25) is 0 Å². The minimum Gasteiger partial charge on any atom is -0.508 e. The second-order valence-corrected chi connectivity index (χ2v) is 5.19. The van der Waals surface area contributed by atoms with E-state index in [9.17, 15) is 9.90 Å². The Morgan fingerprint density at radius 1 is 1.14 bits per heavy atom. The molecule has 1 aliphatic rings. The lowest BCUT2D eigenvalue weighted by Crippen LogP contribution is -2.20. The third-order valence-corrected chi connectivity index (χ3v) is 3.64. The van der Waals surface area contributed by atoms with Gasteiger partial charge in [0, 0.05) is 5.92 Å². The lowest BCUT2D eigenvalue weighted by molar-refractivity contribution is -0.122. The van der Waals surface area contributed by atoms with E-state index in [1.807, 2.05) is 18.2 Å². The van der Waals surface area contributed by atoms with Crippen LogP contribution in [0.1, 0.15) is 23.5 Å². The minimum atomic E-state index is -0.0427. The molecule has 2 aromatic rings. The molecule has 0 heterocycles. The van der Waals surface area contributed by atoms with Crippen LogP contribution in [0.15, 0.2) is 59.7 Å². The van der Waals surface area contributed by atoms with E-state index in [4.69, 9.17) is 0 Å². The molecule has 0 saturated heterocycles. The van der Waals surface area contributed by atoms with Gasteiger partial charge in [-0.3, -0.25) is 4.79 Å². The Morgan fingerprint density at radius 3 is 2.57 bits per heavy atom. The molecule has 2 N–H and O–H groups in total. The van der Waals surface area contributed by atoms with Crippen molar-refractivity contribution >= 4 is 12.1 Å². The highest BCUT2D eigenvalue weighted by Gasteiger charge is 2.43. The maximum absolute atomic E-state index is 12.0. The first kappa shape index (κ1) is 13.4. The van der Waals surface area contributed by atoms with Crippen LogP contribution in [0.25, 0.3) is 0 Å². The van der Waals surface area contributed by atoms with Gasteiger partial charge >= 0.3 is 0 Å². The van der Waals surface area contributed by atoms with Gasteiger partial charge in [0.1, 0.15) is 5.75 Å². The molecular weight excluding hydrogens is 264 g/mol. The molecule has 0 spiro atoms. The number of carbonyl (C=O) groups excluding carboxylic acids is 1. The zero-order chi connectivity index (χ0) is 14.7. The van der Waals surface area contributed by atoms with E-state index in [1.54, 1.807) is 30.5 Å². The van der Waals surface area contributed by atoms with Crippen molar-refractivity contribution in [2.24, 2.45) is 11.0 Å². The number of carbonyl (C=O) groups is 1. The quantitative estimate of drug-likeness (QED) is 0.668. The van der Waals surface area contributed by atoms with E-state index in [0.29, 0.717) is 5.92 Å². The number of hydrazone groups is 1. The van der Waals surface area contributed by atoms with Crippen molar-refractivity contribution in [2.45, 2.75) is 12.3 Å². The van der Waals surface area contributed by atoms with Crippen LogP contribution in [-0.2, 0) is 4.79 Å². The zero-order valence-corrected chi connectivity index (χ0v) is 11.4. The highest BCUT2D eigenvalue weighted by molar-refractivity contribution is 5.85. The Kier molecular flexibility index (Phi) is 3.69. The molecule has 2 aromatic carbocycles. The van der Waals surface area contributed by atoms with Crippen molar-refractivity contribution in [3.05, 3.63) is 65.7 Å². The third kappa shape index (κ3) is 3.28. The van der Waals surface area contributed by atoms with E-state index >= 15 is 0 Å². The van der Waals surface area contributed by atoms with Gasteiger partial charge in [-0.05, 0) is 47.7 Å². The summed E-state index contributed by atoms with van der Waals surface area (Å²) in [4.78, 5) is 12.0. The lowest BCUT2D eigenvalue weighted by atomic mass is 10.1. The van der Waals surface area contributed by atoms with Crippen LogP contribution in [0, 0.1) is 5.92 Å². The van der Waals surface area contributed by atoms with Crippen LogP contribution >= 0.6 is 0 Å². The Morgan fingerprint density at radius 2 is 1.86 bits per heavy atom. The Labute approximate surface area is 123 Å². The highest BCUT2D eigenvalue weighted by atomic mass is 16.3. The summed E-state index contributed by atoms with van der Waals surface area (Å²) in [5, 5.41) is 13.1. The van der Waals surface area contributed by atoms with E-state index in [1.165, 1.54) is 5.56 Å². The number of hydrogen-bond donors (Lipinski definition) is 2. The first-order valence-corrected chi connectivity index (χ1v) is 6.91. The molecule has 21 heavy (non-hydrogen) atoms. The maximum Gasteiger partial charge on any atom is 0.243 e. The molecule has 1 amide bonds. The summed E-state index contributed by atoms with van der Waals surface area (Å²) in [7, 11) is 0. The van der Waals surface area contributed by atoms with Gasteiger partial charge < -0.3 is 5.11 Å². The molecule has 0 radical (unpaired) electrons. The molecule has 1 fully saturated rings. The van der Waals surface area contributed by atoms with Gasteiger partial charge in [-0.2, -0.15) is 5.10 Å². The average molecular weight is 280 g/mol. The summed E-state index contributed by atoms with van der Waals surface area (Å²) in [5.41, 5.74) is 4.61. The summed E-state index contributed by atoms with van der Waals surface area (Å²) < 4.78 is 0. The van der Waals surface area contributed by atoms with Crippen molar-refractivity contribution in [3.8, 4) is 5.75 Å². The van der Waals surface area contributed by atoms with E-state index in [-0.39, 0.29) is 17.6 Å². The van der Waals surface area contributed by atoms with E-state index in [0.717, 1.165) is 12.0 Å². The molecule has 2 unspecified atom stereocenters. The Balaban J connectivity index is 1.53. The summed E-state index contributed by atoms with van der Waals surface area (Å²) >= 11 is 0. The second-order valence-electron chi connectivity index (χ2n) is 5.19. The zero-order valence-electron chi connectivity index (χ0n) is 11.4. The number of nitrogens with one attached hydrogen (secondary N) is 1. The van der Waals surface area contributed by atoms with Gasteiger partial charge in [-0.15, -0.1) is 0 Å². The predicted molar refractivity (Wildman–Crippen MR) is 81.1 cm³/mol. The average Bonchev–Trinajstić information content (AvgIpc) is 3.31. The molecule has 4 nitrogen and oxygen atoms in total. The molecule has 2 atom stereocenters. The summed E-state index contributed by atoms with van der Waals surface area (Å²) in [6.07, 6.45) is 2.45. The van der Waals surface area contributed by atoms with Crippen LogP contribution in [0.4, 0.5) is 0 Å². The van der Waals surface area contributed by atoms with Gasteiger partial charge in [-0.25, -0.2) is 5.43 Å². The molecule has 1 saturated carbocycles. The van der Waals surface area contributed by atoms with Gasteiger partial charge in [0.15, 0.2) is 0 Å². The van der Waals surface area contributed by atoms with Crippen LogP contribution < -0.4 is 5.43 Å². The molecule has 0 aromatic heterocycles. The minimum absolute atomic E-state index is 0.0179. The normalized spacial score (nSPS) is 20.4. The van der Waals surface area contributed by atoms with Crippen LogP contribution in [0.5, 0.6) is 5.75 Å². The van der Waals surface area contributed by atoms with E-state index < -0.39 is 0 Å². The van der Waals surface area contributed by atoms with Crippen molar-refractivity contribution < 1.29 is 9.90 Å². The molecule has 106 valence electrons. The molecule has 1 aliphatic carbocycles. The number of hydrogen-bond acceptors (Lipinski definition) is 3. The number of nitrogens with zero attached hydrogens (tertiary/aromatic N) is 1. The SMILES string of the molecule is O=C(N/N=C\c1ccc(O)cc1)C1CC1c1ccccc1. The molecular formula is C17H16N2O2. The lowest BCUT2D eigenvalue weighted by Gasteiger charge is -2.00. The van der Waals surface area contributed by atoms with Gasteiger partial charge in [0.05, 0.1) is 6.21 Å².